The predicted molar refractivity (Wildman–Crippen MR) is 48.9 cm³/mol. The average molecular weight is 207 g/mol. The normalized spacial score (nSPS) is 8.86. The fraction of sp³-hybridized carbons (Fsp3) is 0. The maximum atomic E-state index is 10.5. The van der Waals surface area contributed by atoms with E-state index in [-0.39, 0.29) is 35.3 Å². The van der Waals surface area contributed by atoms with Crippen LogP contribution in [0, 0.1) is 10.1 Å². The van der Waals surface area contributed by atoms with Gasteiger partial charge in [0.25, 0.3) is 5.69 Å². The van der Waals surface area contributed by atoms with Gasteiger partial charge in [0.1, 0.15) is 11.3 Å². The van der Waals surface area contributed by atoms with Crippen molar-refractivity contribution in [2.45, 2.75) is 0 Å². The molecule has 2 N–H and O–H groups in total. The van der Waals surface area contributed by atoms with Gasteiger partial charge in [-0.05, 0) is 6.07 Å². The summed E-state index contributed by atoms with van der Waals surface area (Å²) in [5.41, 5.74) is -1.06. The molecule has 1 aromatic carbocycles. The van der Waals surface area contributed by atoms with Crippen LogP contribution in [0.3, 0.4) is 0 Å². The van der Waals surface area contributed by atoms with Gasteiger partial charge in [0.15, 0.2) is 0 Å². The van der Waals surface area contributed by atoms with Gasteiger partial charge < -0.3 is 10.2 Å². The predicted octanol–water partition coefficient (Wildman–Crippen LogP) is 0.350. The average Bonchev–Trinajstić information content (AvgIpc) is 2.03. The van der Waals surface area contributed by atoms with Gasteiger partial charge in [-0.15, -0.1) is 0 Å². The summed E-state index contributed by atoms with van der Waals surface area (Å²) in [6.45, 7) is 0. The first-order chi connectivity index (χ1) is 6.02. The Morgan fingerprint density at radius 2 is 2.00 bits per heavy atom. The quantitative estimate of drug-likeness (QED) is 0.414. The molecule has 0 atom stereocenters. The first-order valence-electron chi connectivity index (χ1n) is 3.23. The third-order valence-electron chi connectivity index (χ3n) is 1.41. The van der Waals surface area contributed by atoms with Crippen LogP contribution >= 0.6 is 0 Å². The third kappa shape index (κ3) is 2.69. The molecule has 0 heterocycles. The van der Waals surface area contributed by atoms with Crippen LogP contribution in [0.25, 0.3) is 0 Å². The molecule has 0 unspecified atom stereocenters. The Kier molecular flexibility index (Phi) is 4.55. The van der Waals surface area contributed by atoms with E-state index in [9.17, 15) is 14.9 Å². The Hall–Kier alpha value is -1.11. The maximum absolute atomic E-state index is 10.5. The van der Waals surface area contributed by atoms with Crippen LogP contribution in [-0.2, 0) is 0 Å². The van der Waals surface area contributed by atoms with Gasteiger partial charge in [-0.2, -0.15) is 0 Å². The van der Waals surface area contributed by atoms with E-state index >= 15 is 0 Å². The van der Waals surface area contributed by atoms with E-state index in [2.05, 4.69) is 0 Å². The summed E-state index contributed by atoms with van der Waals surface area (Å²) >= 11 is 0. The van der Waals surface area contributed by atoms with Crippen LogP contribution in [0.4, 0.5) is 5.69 Å². The molecule has 0 aliphatic rings. The van der Waals surface area contributed by atoms with Gasteiger partial charge >= 0.3 is 35.5 Å². The molecule has 14 heavy (non-hydrogen) atoms. The number of aromatic hydroxyl groups is 1. The zero-order valence-corrected chi connectivity index (χ0v) is 6.30. The van der Waals surface area contributed by atoms with Crippen molar-refractivity contribution in [2.75, 3.05) is 0 Å². The Morgan fingerprint density at radius 1 is 1.43 bits per heavy atom. The van der Waals surface area contributed by atoms with Crippen molar-refractivity contribution in [3.8, 4) is 5.75 Å². The van der Waals surface area contributed by atoms with E-state index in [1.165, 1.54) is 0 Å². The summed E-state index contributed by atoms with van der Waals surface area (Å²) in [6.07, 6.45) is 0. The van der Waals surface area contributed by atoms with Crippen molar-refractivity contribution in [3.05, 3.63) is 33.9 Å². The Labute approximate surface area is 101 Å². The molecular formula is C7H6NNaO5. The SMILES string of the molecule is O=C(O)c1cc(O)ccc1[N+](=O)[O-].[NaH]. The summed E-state index contributed by atoms with van der Waals surface area (Å²) in [5.74, 6) is -1.76. The molecule has 1 aromatic rings. The first kappa shape index (κ1) is 12.9. The number of nitro groups is 1. The van der Waals surface area contributed by atoms with Crippen LogP contribution in [-0.4, -0.2) is 50.7 Å². The number of nitrogens with zero attached hydrogens (tertiary/aromatic N) is 1. The van der Waals surface area contributed by atoms with Gasteiger partial charge in [0.2, 0.25) is 0 Å². The molecule has 0 aliphatic heterocycles. The van der Waals surface area contributed by atoms with Crippen molar-refractivity contribution >= 4 is 41.2 Å². The third-order valence-corrected chi connectivity index (χ3v) is 1.41. The fourth-order valence-electron chi connectivity index (χ4n) is 0.855. The molecule has 0 fully saturated rings. The number of phenolic OH excluding ortho intramolecular Hbond substituents is 1. The summed E-state index contributed by atoms with van der Waals surface area (Å²) in [4.78, 5) is 19.9. The number of carboxylic acid groups (broad SMARTS) is 1. The molecule has 70 valence electrons. The van der Waals surface area contributed by atoms with Crippen LogP contribution < -0.4 is 0 Å². The molecule has 0 aromatic heterocycles. The molecule has 0 spiro atoms. The van der Waals surface area contributed by atoms with Crippen LogP contribution in [0.1, 0.15) is 10.4 Å². The van der Waals surface area contributed by atoms with Crippen molar-refractivity contribution < 1.29 is 19.9 Å². The number of hydrogen-bond acceptors (Lipinski definition) is 4. The Balaban J connectivity index is 0.00000169. The number of benzene rings is 1. The summed E-state index contributed by atoms with van der Waals surface area (Å²) < 4.78 is 0. The number of hydrogen-bond donors (Lipinski definition) is 2. The van der Waals surface area contributed by atoms with Crippen molar-refractivity contribution in [3.63, 3.8) is 0 Å². The number of phenols is 1. The number of carbonyl (C=O) groups is 1. The van der Waals surface area contributed by atoms with E-state index in [0.29, 0.717) is 0 Å². The topological polar surface area (TPSA) is 101 Å². The van der Waals surface area contributed by atoms with E-state index in [0.717, 1.165) is 18.2 Å². The summed E-state index contributed by atoms with van der Waals surface area (Å²) in [7, 11) is 0. The zero-order chi connectivity index (χ0) is 10.0. The van der Waals surface area contributed by atoms with Crippen LogP contribution in [0.2, 0.25) is 0 Å². The van der Waals surface area contributed by atoms with Gasteiger partial charge in [-0.25, -0.2) is 4.79 Å². The molecule has 0 saturated carbocycles. The van der Waals surface area contributed by atoms with Crippen molar-refractivity contribution in [1.29, 1.82) is 0 Å². The number of rotatable bonds is 2. The number of carboxylic acids is 1. The van der Waals surface area contributed by atoms with E-state index in [1.807, 2.05) is 0 Å². The standard InChI is InChI=1S/C7H5NO5.Na.H/c9-4-1-2-6(8(12)13)5(3-4)7(10)11;;/h1-3,9H,(H,10,11);;. The Morgan fingerprint density at radius 3 is 2.43 bits per heavy atom. The molecule has 0 amide bonds. The molecule has 0 radical (unpaired) electrons. The molecule has 0 bridgehead atoms. The second kappa shape index (κ2) is 4.94. The number of nitro benzene ring substituents is 1. The molecule has 7 heteroatoms. The summed E-state index contributed by atoms with van der Waals surface area (Å²) in [5, 5.41) is 27.7. The van der Waals surface area contributed by atoms with Gasteiger partial charge in [-0.1, -0.05) is 0 Å². The van der Waals surface area contributed by atoms with Gasteiger partial charge in [0, 0.05) is 12.1 Å². The van der Waals surface area contributed by atoms with Crippen LogP contribution in [0.15, 0.2) is 18.2 Å². The number of aromatic carboxylic acids is 1. The molecule has 6 nitrogen and oxygen atoms in total. The summed E-state index contributed by atoms with van der Waals surface area (Å²) in [6, 6.07) is 2.84. The van der Waals surface area contributed by atoms with Crippen LogP contribution in [0.5, 0.6) is 5.75 Å². The van der Waals surface area contributed by atoms with E-state index in [1.54, 1.807) is 0 Å². The van der Waals surface area contributed by atoms with Crippen molar-refractivity contribution in [1.82, 2.24) is 0 Å². The monoisotopic (exact) mass is 207 g/mol. The van der Waals surface area contributed by atoms with Crippen molar-refractivity contribution in [2.24, 2.45) is 0 Å². The zero-order valence-electron chi connectivity index (χ0n) is 6.30. The molecular weight excluding hydrogens is 201 g/mol. The molecule has 1 rings (SSSR count). The van der Waals surface area contributed by atoms with E-state index in [4.69, 9.17) is 10.2 Å². The second-order valence-electron chi connectivity index (χ2n) is 2.26. The first-order valence-corrected chi connectivity index (χ1v) is 3.23. The van der Waals surface area contributed by atoms with Gasteiger partial charge in [0.05, 0.1) is 4.92 Å². The second-order valence-corrected chi connectivity index (χ2v) is 2.26. The van der Waals surface area contributed by atoms with Gasteiger partial charge in [-0.3, -0.25) is 10.1 Å². The minimum absolute atomic E-state index is 0. The molecule has 0 saturated heterocycles. The minimum atomic E-state index is -1.44. The fourth-order valence-corrected chi connectivity index (χ4v) is 0.855. The van der Waals surface area contributed by atoms with E-state index < -0.39 is 22.1 Å². The molecule has 0 aliphatic carbocycles. The Bertz CT molecular complexity index is 378.